The lowest BCUT2D eigenvalue weighted by Gasteiger charge is -2.19. The van der Waals surface area contributed by atoms with Crippen LogP contribution in [0.1, 0.15) is 31.9 Å². The average Bonchev–Trinajstić information content (AvgIpc) is 2.01. The molecule has 0 N–H and O–H groups in total. The van der Waals surface area contributed by atoms with Gasteiger partial charge in [-0.2, -0.15) is 0 Å². The van der Waals surface area contributed by atoms with E-state index in [2.05, 4.69) is 32.9 Å². The van der Waals surface area contributed by atoms with Crippen LogP contribution in [0.5, 0.6) is 0 Å². The molecule has 0 fully saturated rings. The van der Waals surface area contributed by atoms with E-state index in [9.17, 15) is 4.21 Å². The van der Waals surface area contributed by atoms with Gasteiger partial charge in [0.05, 0.1) is 0 Å². The van der Waals surface area contributed by atoms with Gasteiger partial charge < -0.3 is 0 Å². The van der Waals surface area contributed by atoms with E-state index in [1.807, 2.05) is 12.1 Å². The quantitative estimate of drug-likeness (QED) is 0.733. The molecule has 0 aliphatic rings. The van der Waals surface area contributed by atoms with E-state index < -0.39 is 10.8 Å². The van der Waals surface area contributed by atoms with Crippen LogP contribution in [0.4, 0.5) is 0 Å². The largest absolute Gasteiger partial charge is 0.260 e. The normalized spacial score (nSPS) is 14.0. The Morgan fingerprint density at radius 1 is 1.29 bits per heavy atom. The van der Waals surface area contributed by atoms with Crippen LogP contribution in [0.2, 0.25) is 0 Å². The monoisotopic (exact) mass is 210 g/mol. The van der Waals surface area contributed by atoms with Crippen molar-refractivity contribution >= 4 is 10.8 Å². The molecule has 78 valence electrons. The third-order valence-corrected chi connectivity index (χ3v) is 2.90. The molecule has 0 spiro atoms. The zero-order valence-corrected chi connectivity index (χ0v) is 10.1. The Kier molecular flexibility index (Phi) is 3.48. The average molecular weight is 210 g/mol. The van der Waals surface area contributed by atoms with Crippen LogP contribution >= 0.6 is 0 Å². The first kappa shape index (κ1) is 11.4. The van der Waals surface area contributed by atoms with Crippen LogP contribution in [0, 0.1) is 0 Å². The van der Waals surface area contributed by atoms with Gasteiger partial charge in [-0.3, -0.25) is 4.21 Å². The molecular formula is C12H18OS. The minimum atomic E-state index is -0.752. The molecule has 0 aromatic heterocycles. The molecule has 0 bridgehead atoms. The molecule has 1 aromatic carbocycles. The highest BCUT2D eigenvalue weighted by Crippen LogP contribution is 2.23. The first-order chi connectivity index (χ1) is 6.39. The van der Waals surface area contributed by atoms with E-state index >= 15 is 0 Å². The number of hydrogen-bond acceptors (Lipinski definition) is 1. The molecule has 2 heteroatoms. The lowest BCUT2D eigenvalue weighted by atomic mass is 9.86. The van der Waals surface area contributed by atoms with Crippen LogP contribution in [-0.2, 0) is 22.0 Å². The maximum atomic E-state index is 11.1. The van der Waals surface area contributed by atoms with Crippen molar-refractivity contribution in [2.45, 2.75) is 31.9 Å². The summed E-state index contributed by atoms with van der Waals surface area (Å²) in [5.41, 5.74) is 2.64. The summed E-state index contributed by atoms with van der Waals surface area (Å²) in [6.07, 6.45) is 1.74. The Bertz CT molecular complexity index is 336. The standard InChI is InChI=1S/C12H18OS/c1-12(2,3)11-7-5-6-10(8-11)9-14(4)13/h5-8H,9H2,1-4H3. The third kappa shape index (κ3) is 3.26. The maximum absolute atomic E-state index is 11.1. The highest BCUT2D eigenvalue weighted by molar-refractivity contribution is 7.83. The van der Waals surface area contributed by atoms with E-state index in [1.165, 1.54) is 11.1 Å². The van der Waals surface area contributed by atoms with Gasteiger partial charge in [-0.15, -0.1) is 0 Å². The smallest absolute Gasteiger partial charge is 0.0482 e. The summed E-state index contributed by atoms with van der Waals surface area (Å²) in [5.74, 6) is 0.657. The van der Waals surface area contributed by atoms with Gasteiger partial charge in [0.1, 0.15) is 0 Å². The van der Waals surface area contributed by atoms with Crippen molar-refractivity contribution in [3.8, 4) is 0 Å². The Labute approximate surface area is 89.0 Å². The molecule has 0 saturated heterocycles. The van der Waals surface area contributed by atoms with Crippen molar-refractivity contribution in [3.63, 3.8) is 0 Å². The molecule has 0 heterocycles. The molecule has 1 aromatic rings. The fourth-order valence-corrected chi connectivity index (χ4v) is 2.01. The van der Waals surface area contributed by atoms with Crippen molar-refractivity contribution in [3.05, 3.63) is 35.4 Å². The first-order valence-electron chi connectivity index (χ1n) is 4.79. The molecule has 1 atom stereocenters. The summed E-state index contributed by atoms with van der Waals surface area (Å²) in [6, 6.07) is 8.36. The second-order valence-electron chi connectivity index (χ2n) is 4.67. The van der Waals surface area contributed by atoms with Crippen molar-refractivity contribution in [1.82, 2.24) is 0 Å². The van der Waals surface area contributed by atoms with Gasteiger partial charge in [0, 0.05) is 22.8 Å². The van der Waals surface area contributed by atoms with E-state index in [1.54, 1.807) is 6.26 Å². The Morgan fingerprint density at radius 2 is 1.93 bits per heavy atom. The van der Waals surface area contributed by atoms with Crippen LogP contribution in [0.3, 0.4) is 0 Å². The van der Waals surface area contributed by atoms with Crippen molar-refractivity contribution < 1.29 is 4.21 Å². The molecule has 14 heavy (non-hydrogen) atoms. The van der Waals surface area contributed by atoms with Crippen LogP contribution < -0.4 is 0 Å². The van der Waals surface area contributed by atoms with Crippen LogP contribution in [-0.4, -0.2) is 10.5 Å². The molecular weight excluding hydrogens is 192 g/mol. The number of hydrogen-bond donors (Lipinski definition) is 0. The van der Waals surface area contributed by atoms with Crippen LogP contribution in [0.15, 0.2) is 24.3 Å². The van der Waals surface area contributed by atoms with Gasteiger partial charge in [0.25, 0.3) is 0 Å². The molecule has 0 amide bonds. The van der Waals surface area contributed by atoms with Gasteiger partial charge in [0.15, 0.2) is 0 Å². The van der Waals surface area contributed by atoms with E-state index in [4.69, 9.17) is 0 Å². The maximum Gasteiger partial charge on any atom is 0.0482 e. The highest BCUT2D eigenvalue weighted by atomic mass is 32.2. The topological polar surface area (TPSA) is 17.1 Å². The summed E-state index contributed by atoms with van der Waals surface area (Å²) in [7, 11) is -0.752. The predicted molar refractivity (Wildman–Crippen MR) is 62.9 cm³/mol. The number of benzene rings is 1. The molecule has 0 saturated carbocycles. The van der Waals surface area contributed by atoms with Crippen molar-refractivity contribution in [1.29, 1.82) is 0 Å². The van der Waals surface area contributed by atoms with Gasteiger partial charge >= 0.3 is 0 Å². The molecule has 0 aliphatic heterocycles. The molecule has 1 unspecified atom stereocenters. The first-order valence-corrected chi connectivity index (χ1v) is 6.52. The Morgan fingerprint density at radius 3 is 2.43 bits per heavy atom. The number of rotatable bonds is 2. The zero-order valence-electron chi connectivity index (χ0n) is 9.33. The highest BCUT2D eigenvalue weighted by Gasteiger charge is 2.13. The molecule has 1 rings (SSSR count). The van der Waals surface area contributed by atoms with Gasteiger partial charge in [-0.05, 0) is 16.5 Å². The predicted octanol–water partition coefficient (Wildman–Crippen LogP) is 2.86. The Hall–Kier alpha value is -0.630. The molecule has 0 radical (unpaired) electrons. The van der Waals surface area contributed by atoms with Gasteiger partial charge in [-0.1, -0.05) is 45.0 Å². The second-order valence-corrected chi connectivity index (χ2v) is 6.10. The summed E-state index contributed by atoms with van der Waals surface area (Å²) in [5, 5.41) is 0. The molecule has 1 nitrogen and oxygen atoms in total. The Balaban J connectivity index is 2.95. The van der Waals surface area contributed by atoms with Gasteiger partial charge in [0.2, 0.25) is 0 Å². The lowest BCUT2D eigenvalue weighted by Crippen LogP contribution is -2.11. The fraction of sp³-hybridized carbons (Fsp3) is 0.500. The summed E-state index contributed by atoms with van der Waals surface area (Å²) in [4.78, 5) is 0. The van der Waals surface area contributed by atoms with E-state index in [0.717, 1.165) is 0 Å². The summed E-state index contributed by atoms with van der Waals surface area (Å²) in [6.45, 7) is 6.57. The lowest BCUT2D eigenvalue weighted by molar-refractivity contribution is 0.589. The minimum Gasteiger partial charge on any atom is -0.260 e. The summed E-state index contributed by atoms with van der Waals surface area (Å²) < 4.78 is 11.1. The summed E-state index contributed by atoms with van der Waals surface area (Å²) >= 11 is 0. The van der Waals surface area contributed by atoms with Gasteiger partial charge in [-0.25, -0.2) is 0 Å². The second kappa shape index (κ2) is 4.26. The van der Waals surface area contributed by atoms with Crippen molar-refractivity contribution in [2.24, 2.45) is 0 Å². The van der Waals surface area contributed by atoms with E-state index in [-0.39, 0.29) is 5.41 Å². The fourth-order valence-electron chi connectivity index (χ4n) is 1.36. The minimum absolute atomic E-state index is 0.172. The third-order valence-electron chi connectivity index (χ3n) is 2.16. The zero-order chi connectivity index (χ0) is 10.8. The van der Waals surface area contributed by atoms with Crippen LogP contribution in [0.25, 0.3) is 0 Å². The van der Waals surface area contributed by atoms with Crippen molar-refractivity contribution in [2.75, 3.05) is 6.26 Å². The van der Waals surface area contributed by atoms with E-state index in [0.29, 0.717) is 5.75 Å². The molecule has 0 aliphatic carbocycles. The SMILES string of the molecule is CS(=O)Cc1cccc(C(C)(C)C)c1.